The number of rotatable bonds is 8. The summed E-state index contributed by atoms with van der Waals surface area (Å²) in [6.07, 6.45) is 13.4. The minimum absolute atomic E-state index is 0.0164. The molecule has 6 heteroatoms. The van der Waals surface area contributed by atoms with Gasteiger partial charge in [-0.1, -0.05) is 101 Å². The molecular formula is C51H46N4O2. The number of nitrogens with zero attached hydrogens (tertiary/aromatic N) is 4. The number of hydrogen-bond acceptors (Lipinski definition) is 6. The van der Waals surface area contributed by atoms with Crippen molar-refractivity contribution in [3.05, 3.63) is 172 Å². The lowest BCUT2D eigenvalue weighted by Crippen LogP contribution is -2.45. The molecule has 0 spiro atoms. The van der Waals surface area contributed by atoms with Crippen LogP contribution < -0.4 is 14.5 Å². The molecule has 0 unspecified atom stereocenters. The first-order valence-electron chi connectivity index (χ1n) is 19.6. The first-order chi connectivity index (χ1) is 27.6. The van der Waals surface area contributed by atoms with Crippen molar-refractivity contribution in [2.75, 3.05) is 30.0 Å². The Hall–Kier alpha value is -6.76. The molecule has 0 N–H and O–H groups in total. The van der Waals surface area contributed by atoms with Crippen LogP contribution in [0.3, 0.4) is 0 Å². The molecule has 0 saturated heterocycles. The number of fused-ring (bicyclic) bond motifs is 1. The predicted molar refractivity (Wildman–Crippen MR) is 233 cm³/mol. The second-order valence-electron chi connectivity index (χ2n) is 16.2. The normalized spacial score (nSPS) is 16.6. The molecule has 3 heterocycles. The lowest BCUT2D eigenvalue weighted by Gasteiger charge is -2.48. The van der Waals surface area contributed by atoms with E-state index in [1.54, 1.807) is 19.3 Å². The maximum atomic E-state index is 9.83. The van der Waals surface area contributed by atoms with Crippen molar-refractivity contribution >= 4 is 45.7 Å². The molecule has 0 atom stereocenters. The fourth-order valence-corrected chi connectivity index (χ4v) is 8.41. The maximum Gasteiger partial charge on any atom is 0.137 e. The van der Waals surface area contributed by atoms with Gasteiger partial charge in [0.25, 0.3) is 0 Å². The van der Waals surface area contributed by atoms with Crippen LogP contribution in [0.1, 0.15) is 62.8 Å². The Morgan fingerprint density at radius 1 is 0.737 bits per heavy atom. The van der Waals surface area contributed by atoms with Crippen molar-refractivity contribution < 1.29 is 9.47 Å². The van der Waals surface area contributed by atoms with Gasteiger partial charge in [0.15, 0.2) is 0 Å². The summed E-state index contributed by atoms with van der Waals surface area (Å²) in [6.45, 7) is 11.4. The molecule has 5 aromatic rings. The Balaban J connectivity index is 1.11. The standard InChI is InChI=1S/C51H46N4O2/c1-50(2)26-28-54-29-27-51(3,4)47-48(54)45(50)32-37(49(47)56-5)21-25-43-31-38(39(33-52)34-53)30-42(57-43)24-20-35-18-22-41(23-19-35)55(40-14-7-6-8-15-40)46-17-11-13-36-12-9-10-16-44(36)46/h6-25,30-32H,26-29H2,1-5H3/b24-20+,25-21+. The van der Waals surface area contributed by atoms with Crippen LogP contribution in [-0.2, 0) is 15.6 Å². The van der Waals surface area contributed by atoms with E-state index in [9.17, 15) is 10.5 Å². The van der Waals surface area contributed by atoms with Gasteiger partial charge in [-0.15, -0.1) is 0 Å². The molecule has 0 saturated carbocycles. The minimum Gasteiger partial charge on any atom is -0.496 e. The van der Waals surface area contributed by atoms with Gasteiger partial charge in [-0.05, 0) is 107 Å². The molecule has 0 amide bonds. The third kappa shape index (κ3) is 7.12. The van der Waals surface area contributed by atoms with E-state index < -0.39 is 0 Å². The Bertz CT molecular complexity index is 2590. The quantitative estimate of drug-likeness (QED) is 0.147. The average molecular weight is 747 g/mol. The molecule has 0 aliphatic carbocycles. The number of para-hydroxylation sites is 1. The summed E-state index contributed by atoms with van der Waals surface area (Å²) in [5.74, 6) is 1.92. The lowest BCUT2D eigenvalue weighted by molar-refractivity contribution is 0.332. The predicted octanol–water partition coefficient (Wildman–Crippen LogP) is 12.4. The third-order valence-corrected chi connectivity index (χ3v) is 11.6. The highest BCUT2D eigenvalue weighted by Crippen LogP contribution is 2.54. The van der Waals surface area contributed by atoms with Gasteiger partial charge in [0.2, 0.25) is 0 Å². The number of hydrogen-bond donors (Lipinski definition) is 0. The van der Waals surface area contributed by atoms with Gasteiger partial charge in [-0.3, -0.25) is 0 Å². The Morgan fingerprint density at radius 2 is 1.37 bits per heavy atom. The van der Waals surface area contributed by atoms with Crippen molar-refractivity contribution in [3.8, 4) is 17.9 Å². The zero-order chi connectivity index (χ0) is 39.7. The summed E-state index contributed by atoms with van der Waals surface area (Å²) in [6, 6.07) is 40.0. The third-order valence-electron chi connectivity index (χ3n) is 11.6. The molecule has 0 aromatic heterocycles. The molecule has 5 aromatic carbocycles. The van der Waals surface area contributed by atoms with Gasteiger partial charge in [-0.25, -0.2) is 0 Å². The van der Waals surface area contributed by atoms with Crippen molar-refractivity contribution in [1.82, 2.24) is 0 Å². The number of methoxy groups -OCH3 is 1. The van der Waals surface area contributed by atoms with Crippen LogP contribution in [0.2, 0.25) is 0 Å². The van der Waals surface area contributed by atoms with Crippen LogP contribution in [0, 0.1) is 22.7 Å². The fraction of sp³-hybridized carbons (Fsp3) is 0.216. The van der Waals surface area contributed by atoms with Crippen molar-refractivity contribution in [3.63, 3.8) is 0 Å². The lowest BCUT2D eigenvalue weighted by atomic mass is 9.68. The van der Waals surface area contributed by atoms with Crippen LogP contribution in [0.4, 0.5) is 22.7 Å². The molecule has 3 aliphatic heterocycles. The first kappa shape index (κ1) is 37.2. The summed E-state index contributed by atoms with van der Waals surface area (Å²) >= 11 is 0. The molecule has 0 bridgehead atoms. The van der Waals surface area contributed by atoms with Crippen molar-refractivity contribution in [2.45, 2.75) is 51.4 Å². The zero-order valence-corrected chi connectivity index (χ0v) is 33.2. The van der Waals surface area contributed by atoms with E-state index in [-0.39, 0.29) is 16.4 Å². The highest BCUT2D eigenvalue weighted by Gasteiger charge is 2.42. The average Bonchev–Trinajstić information content (AvgIpc) is 3.22. The summed E-state index contributed by atoms with van der Waals surface area (Å²) in [4.78, 5) is 4.81. The molecule has 3 aliphatic rings. The van der Waals surface area contributed by atoms with E-state index in [0.717, 1.165) is 59.9 Å². The van der Waals surface area contributed by atoms with Crippen LogP contribution in [0.5, 0.6) is 5.75 Å². The molecule has 57 heavy (non-hydrogen) atoms. The smallest absolute Gasteiger partial charge is 0.137 e. The Morgan fingerprint density at radius 3 is 2.07 bits per heavy atom. The summed E-state index contributed by atoms with van der Waals surface area (Å²) in [5.41, 5.74) is 9.56. The molecule has 8 rings (SSSR count). The van der Waals surface area contributed by atoms with Crippen LogP contribution in [0.25, 0.3) is 22.9 Å². The van der Waals surface area contributed by atoms with E-state index in [4.69, 9.17) is 9.47 Å². The zero-order valence-electron chi connectivity index (χ0n) is 33.2. The van der Waals surface area contributed by atoms with Crippen molar-refractivity contribution in [1.29, 1.82) is 10.5 Å². The van der Waals surface area contributed by atoms with Crippen LogP contribution in [0.15, 0.2) is 150 Å². The topological polar surface area (TPSA) is 72.5 Å². The number of nitriles is 2. The molecule has 0 radical (unpaired) electrons. The second kappa shape index (κ2) is 15.1. The molecule has 6 nitrogen and oxygen atoms in total. The van der Waals surface area contributed by atoms with Gasteiger partial charge in [0.05, 0.1) is 12.8 Å². The summed E-state index contributed by atoms with van der Waals surface area (Å²) in [7, 11) is 1.75. The molecular weight excluding hydrogens is 701 g/mol. The number of ether oxygens (including phenoxy) is 2. The fourth-order valence-electron chi connectivity index (χ4n) is 8.41. The minimum atomic E-state index is -0.0527. The molecule has 0 fully saturated rings. The van der Waals surface area contributed by atoms with Gasteiger partial charge in [0, 0.05) is 52.2 Å². The van der Waals surface area contributed by atoms with Gasteiger partial charge >= 0.3 is 0 Å². The van der Waals surface area contributed by atoms with Gasteiger partial charge in [0.1, 0.15) is 35.0 Å². The number of allylic oxidation sites excluding steroid dienone is 6. The van der Waals surface area contributed by atoms with Crippen molar-refractivity contribution in [2.24, 2.45) is 0 Å². The SMILES string of the molecule is COc1c(/C=C/C2=CC(=C(C#N)C#N)C=C(/C=C/c3ccc(N(c4ccccc4)c4cccc5ccccc45)cc3)O2)cc2c3c1C(C)(C)CCN3CCC2(C)C. The van der Waals surface area contributed by atoms with E-state index in [0.29, 0.717) is 17.1 Å². The number of anilines is 4. The largest absolute Gasteiger partial charge is 0.496 e. The highest BCUT2D eigenvalue weighted by atomic mass is 16.5. The summed E-state index contributed by atoms with van der Waals surface area (Å²) < 4.78 is 12.6. The van der Waals surface area contributed by atoms with Gasteiger partial charge < -0.3 is 19.3 Å². The van der Waals surface area contributed by atoms with Gasteiger partial charge in [-0.2, -0.15) is 10.5 Å². The van der Waals surface area contributed by atoms with Crippen LogP contribution >= 0.6 is 0 Å². The van der Waals surface area contributed by atoms with E-state index in [1.165, 1.54) is 27.6 Å². The number of benzene rings is 5. The summed E-state index contributed by atoms with van der Waals surface area (Å²) in [5, 5.41) is 22.0. The Labute approximate surface area is 336 Å². The molecule has 282 valence electrons. The highest BCUT2D eigenvalue weighted by molar-refractivity contribution is 5.98. The first-order valence-corrected chi connectivity index (χ1v) is 19.6. The van der Waals surface area contributed by atoms with E-state index in [2.05, 4.69) is 147 Å². The second-order valence-corrected chi connectivity index (χ2v) is 16.2. The Kier molecular flexibility index (Phi) is 9.82. The monoisotopic (exact) mass is 746 g/mol. The van der Waals surface area contributed by atoms with E-state index >= 15 is 0 Å². The maximum absolute atomic E-state index is 9.83. The van der Waals surface area contributed by atoms with Crippen LogP contribution in [-0.4, -0.2) is 20.2 Å². The van der Waals surface area contributed by atoms with E-state index in [1.807, 2.05) is 30.4 Å².